The van der Waals surface area contributed by atoms with Gasteiger partial charge in [-0.05, 0) is 49.7 Å². The van der Waals surface area contributed by atoms with Gasteiger partial charge in [-0.25, -0.2) is 0 Å². The van der Waals surface area contributed by atoms with Crippen molar-refractivity contribution in [2.45, 2.75) is 64.7 Å². The fraction of sp³-hybridized carbons (Fsp3) is 0.556. The average Bonchev–Trinajstić information content (AvgIpc) is 2.42. The Morgan fingerprint density at radius 3 is 1.94 bits per heavy atom. The highest BCUT2D eigenvalue weighted by atomic mass is 14.0. The van der Waals surface area contributed by atoms with E-state index in [4.69, 9.17) is 6.42 Å². The molecule has 0 heteroatoms. The maximum absolute atomic E-state index is 6.84. The summed E-state index contributed by atoms with van der Waals surface area (Å²) in [7, 11) is 0. The predicted octanol–water partition coefficient (Wildman–Crippen LogP) is 5.11. The van der Waals surface area contributed by atoms with Gasteiger partial charge < -0.3 is 0 Å². The largest absolute Gasteiger partial charge is 0.0891 e. The lowest BCUT2D eigenvalue weighted by Crippen LogP contribution is -1.89. The van der Waals surface area contributed by atoms with Crippen LogP contribution in [0.5, 0.6) is 0 Å². The molecule has 1 radical (unpaired) electrons. The molecule has 0 aromatic heterocycles. The predicted molar refractivity (Wildman–Crippen MR) is 79.0 cm³/mol. The second-order valence-corrected chi connectivity index (χ2v) is 5.01. The Kier molecular flexibility index (Phi) is 8.06. The third kappa shape index (κ3) is 6.50. The summed E-state index contributed by atoms with van der Waals surface area (Å²) in [6, 6.07) is 9.15. The van der Waals surface area contributed by atoms with Gasteiger partial charge in [-0.15, -0.1) is 0 Å². The Balaban J connectivity index is 2.17. The molecule has 0 atom stereocenters. The van der Waals surface area contributed by atoms with Crippen LogP contribution >= 0.6 is 0 Å². The molecule has 0 bridgehead atoms. The lowest BCUT2D eigenvalue weighted by atomic mass is 10.0. The van der Waals surface area contributed by atoms with Gasteiger partial charge in [-0.3, -0.25) is 0 Å². The van der Waals surface area contributed by atoms with Crippen LogP contribution in [0.15, 0.2) is 24.3 Å². The van der Waals surface area contributed by atoms with Gasteiger partial charge in [0.05, 0.1) is 0 Å². The van der Waals surface area contributed by atoms with E-state index in [-0.39, 0.29) is 0 Å². The number of benzene rings is 1. The van der Waals surface area contributed by atoms with Crippen molar-refractivity contribution < 1.29 is 0 Å². The van der Waals surface area contributed by atoms with Crippen molar-refractivity contribution in [2.24, 2.45) is 0 Å². The van der Waals surface area contributed by atoms with Crippen LogP contribution in [-0.4, -0.2) is 0 Å². The molecule has 0 nitrogen and oxygen atoms in total. The summed E-state index contributed by atoms with van der Waals surface area (Å²) in [5.41, 5.74) is 2.94. The fourth-order valence-corrected chi connectivity index (χ4v) is 2.15. The molecule has 97 valence electrons. The first-order valence-electron chi connectivity index (χ1n) is 7.34. The molecule has 0 N–H and O–H groups in total. The third-order valence-corrected chi connectivity index (χ3v) is 3.36. The summed E-state index contributed by atoms with van der Waals surface area (Å²) in [6.45, 7) is 2.24. The van der Waals surface area contributed by atoms with E-state index in [1.165, 1.54) is 56.1 Å². The second-order valence-electron chi connectivity index (χ2n) is 5.01. The van der Waals surface area contributed by atoms with Gasteiger partial charge in [0.1, 0.15) is 0 Å². The molecule has 0 amide bonds. The van der Waals surface area contributed by atoms with Crippen LogP contribution < -0.4 is 0 Å². The highest BCUT2D eigenvalue weighted by Crippen LogP contribution is 2.11. The van der Waals surface area contributed by atoms with Crippen molar-refractivity contribution in [3.63, 3.8) is 0 Å². The second kappa shape index (κ2) is 9.77. The Hall–Kier alpha value is -1.22. The maximum atomic E-state index is 6.84. The molecule has 0 spiro atoms. The van der Waals surface area contributed by atoms with E-state index < -0.39 is 0 Å². The van der Waals surface area contributed by atoms with Crippen molar-refractivity contribution in [1.82, 2.24) is 0 Å². The molecule has 0 aliphatic carbocycles. The van der Waals surface area contributed by atoms with Gasteiger partial charge in [0.2, 0.25) is 0 Å². The Morgan fingerprint density at radius 2 is 1.39 bits per heavy atom. The van der Waals surface area contributed by atoms with Crippen molar-refractivity contribution in [3.8, 4) is 5.92 Å². The molecule has 1 aromatic rings. The molecular formula is C18H25. The molecule has 0 aliphatic heterocycles. The first-order chi connectivity index (χ1) is 8.86. The quantitative estimate of drug-likeness (QED) is 0.416. The lowest BCUT2D eigenvalue weighted by molar-refractivity contribution is 0.650. The van der Waals surface area contributed by atoms with Crippen LogP contribution in [-0.2, 0) is 12.8 Å². The van der Waals surface area contributed by atoms with E-state index in [1.54, 1.807) is 0 Å². The SMILES string of the molecule is [C]#CCCCCCCc1ccc(CCCC)cc1. The van der Waals surface area contributed by atoms with Crippen LogP contribution in [0, 0.1) is 12.3 Å². The fourth-order valence-electron chi connectivity index (χ4n) is 2.15. The minimum Gasteiger partial charge on any atom is -0.0891 e. The zero-order valence-corrected chi connectivity index (χ0v) is 11.7. The minimum atomic E-state index is 0.826. The van der Waals surface area contributed by atoms with E-state index in [0.29, 0.717) is 0 Å². The molecular weight excluding hydrogens is 216 g/mol. The van der Waals surface area contributed by atoms with Gasteiger partial charge in [0, 0.05) is 6.42 Å². The Morgan fingerprint density at radius 1 is 0.833 bits per heavy atom. The Labute approximate surface area is 113 Å². The normalized spacial score (nSPS) is 10.2. The lowest BCUT2D eigenvalue weighted by Gasteiger charge is -2.04. The number of aryl methyl sites for hydroxylation is 2. The van der Waals surface area contributed by atoms with Crippen LogP contribution in [0.25, 0.3) is 0 Å². The molecule has 1 aromatic carbocycles. The topological polar surface area (TPSA) is 0 Å². The van der Waals surface area contributed by atoms with E-state index in [0.717, 1.165) is 12.8 Å². The van der Waals surface area contributed by atoms with Crippen molar-refractivity contribution in [1.29, 1.82) is 0 Å². The van der Waals surface area contributed by atoms with E-state index in [9.17, 15) is 0 Å². The molecule has 0 heterocycles. The first kappa shape index (κ1) is 14.8. The summed E-state index contributed by atoms with van der Waals surface area (Å²) >= 11 is 0. The van der Waals surface area contributed by atoms with Crippen LogP contribution in [0.3, 0.4) is 0 Å². The van der Waals surface area contributed by atoms with E-state index in [2.05, 4.69) is 37.1 Å². The highest BCUT2D eigenvalue weighted by Gasteiger charge is 1.96. The molecule has 0 fully saturated rings. The number of hydrogen-bond acceptors (Lipinski definition) is 0. The van der Waals surface area contributed by atoms with Gasteiger partial charge in [0.15, 0.2) is 0 Å². The molecule has 0 saturated carbocycles. The van der Waals surface area contributed by atoms with E-state index >= 15 is 0 Å². The standard InChI is InChI=1S/C18H25/c1-3-5-7-8-9-10-12-18-15-13-17(14-16-18)11-6-4-2/h13-16H,4-12H2,2H3. The monoisotopic (exact) mass is 241 g/mol. The highest BCUT2D eigenvalue weighted by molar-refractivity contribution is 5.22. The first-order valence-corrected chi connectivity index (χ1v) is 7.34. The van der Waals surface area contributed by atoms with Gasteiger partial charge in [0.25, 0.3) is 0 Å². The molecule has 0 saturated heterocycles. The third-order valence-electron chi connectivity index (χ3n) is 3.36. The van der Waals surface area contributed by atoms with Crippen LogP contribution in [0.1, 0.15) is 63.0 Å². The number of rotatable bonds is 9. The molecule has 18 heavy (non-hydrogen) atoms. The van der Waals surface area contributed by atoms with Crippen molar-refractivity contribution in [2.75, 3.05) is 0 Å². The average molecular weight is 241 g/mol. The summed E-state index contributed by atoms with van der Waals surface area (Å²) in [5.74, 6) is 2.45. The van der Waals surface area contributed by atoms with E-state index in [1.807, 2.05) is 0 Å². The number of unbranched alkanes of at least 4 members (excludes halogenated alkanes) is 5. The zero-order valence-electron chi connectivity index (χ0n) is 11.7. The van der Waals surface area contributed by atoms with Crippen LogP contribution in [0.2, 0.25) is 0 Å². The van der Waals surface area contributed by atoms with Crippen molar-refractivity contribution in [3.05, 3.63) is 41.8 Å². The minimum absolute atomic E-state index is 0.826. The van der Waals surface area contributed by atoms with Gasteiger partial charge in [-0.2, -0.15) is 0 Å². The van der Waals surface area contributed by atoms with Crippen molar-refractivity contribution >= 4 is 0 Å². The van der Waals surface area contributed by atoms with Gasteiger partial charge in [-0.1, -0.05) is 56.4 Å². The summed E-state index contributed by atoms with van der Waals surface area (Å²) in [5, 5.41) is 0. The smallest absolute Gasteiger partial charge is 0.00989 e. The maximum Gasteiger partial charge on any atom is 0.00989 e. The van der Waals surface area contributed by atoms with Crippen LogP contribution in [0.4, 0.5) is 0 Å². The summed E-state index contributed by atoms with van der Waals surface area (Å²) in [6.07, 6.45) is 17.6. The summed E-state index contributed by atoms with van der Waals surface area (Å²) < 4.78 is 0. The van der Waals surface area contributed by atoms with Gasteiger partial charge >= 0.3 is 0 Å². The molecule has 0 aliphatic rings. The molecule has 1 rings (SSSR count). The Bertz CT molecular complexity index is 339. The molecule has 0 unspecified atom stereocenters. The summed E-state index contributed by atoms with van der Waals surface area (Å²) in [4.78, 5) is 0. The number of hydrogen-bond donors (Lipinski definition) is 0. The zero-order chi connectivity index (χ0) is 13.1.